The van der Waals surface area contributed by atoms with Crippen LogP contribution in [0, 0.1) is 5.92 Å². The van der Waals surface area contributed by atoms with Gasteiger partial charge in [0.05, 0.1) is 31.1 Å². The maximum Gasteiger partial charge on any atom is 0.275 e. The van der Waals surface area contributed by atoms with E-state index < -0.39 is 10.0 Å². The Balaban J connectivity index is 1.88. The highest BCUT2D eigenvalue weighted by Gasteiger charge is 2.31. The quantitative estimate of drug-likeness (QED) is 0.706. The van der Waals surface area contributed by atoms with Gasteiger partial charge in [0.1, 0.15) is 0 Å². The number of nitrogens with zero attached hydrogens (tertiary/aromatic N) is 1. The average molecular weight is 411 g/mol. The first-order chi connectivity index (χ1) is 13.0. The second kappa shape index (κ2) is 9.37. The lowest BCUT2D eigenvalue weighted by Crippen LogP contribution is -3.15. The molecule has 0 atom stereocenters. The maximum atomic E-state index is 12.9. The number of amides is 1. The number of rotatable bonds is 7. The fourth-order valence-electron chi connectivity index (χ4n) is 3.29. The van der Waals surface area contributed by atoms with Crippen molar-refractivity contribution in [3.63, 3.8) is 0 Å². The van der Waals surface area contributed by atoms with E-state index in [-0.39, 0.29) is 11.3 Å². The number of carbonyl (C=O) groups is 1. The molecule has 2 rings (SSSR count). The van der Waals surface area contributed by atoms with Crippen molar-refractivity contribution in [1.29, 1.82) is 0 Å². The van der Waals surface area contributed by atoms with Crippen molar-refractivity contribution in [3.05, 3.63) is 29.8 Å². The van der Waals surface area contributed by atoms with Crippen LogP contribution in [-0.2, 0) is 20.2 Å². The lowest BCUT2D eigenvalue weighted by Gasteiger charge is -2.31. The molecule has 1 aromatic carbocycles. The van der Waals surface area contributed by atoms with Gasteiger partial charge in [-0.1, -0.05) is 46.8 Å². The van der Waals surface area contributed by atoms with Crippen molar-refractivity contribution in [2.75, 3.05) is 39.3 Å². The number of piperazine rings is 1. The first-order valence-corrected chi connectivity index (χ1v) is 11.6. The SMILES string of the molecule is CC(C)CCNC(=O)C[NH+]1CCN(S(=O)(=O)c2ccc(C(C)(C)C)cc2)CC1. The predicted octanol–water partition coefficient (Wildman–Crippen LogP) is 1.04. The summed E-state index contributed by atoms with van der Waals surface area (Å²) in [5.41, 5.74) is 1.11. The Hall–Kier alpha value is -1.44. The highest BCUT2D eigenvalue weighted by Crippen LogP contribution is 2.24. The summed E-state index contributed by atoms with van der Waals surface area (Å²) in [6, 6.07) is 7.21. The van der Waals surface area contributed by atoms with Crippen LogP contribution >= 0.6 is 0 Å². The van der Waals surface area contributed by atoms with E-state index in [0.29, 0.717) is 50.1 Å². The summed E-state index contributed by atoms with van der Waals surface area (Å²) < 4.78 is 27.4. The highest BCUT2D eigenvalue weighted by molar-refractivity contribution is 7.89. The van der Waals surface area contributed by atoms with Crippen LogP contribution in [0.5, 0.6) is 0 Å². The summed E-state index contributed by atoms with van der Waals surface area (Å²) >= 11 is 0. The zero-order chi connectivity index (χ0) is 20.9. The van der Waals surface area contributed by atoms with Gasteiger partial charge in [0, 0.05) is 6.54 Å². The number of quaternary nitrogens is 1. The second-order valence-corrected chi connectivity index (χ2v) is 11.1. The molecule has 1 aliphatic rings. The van der Waals surface area contributed by atoms with Gasteiger partial charge in [-0.05, 0) is 35.4 Å². The highest BCUT2D eigenvalue weighted by atomic mass is 32.2. The third-order valence-corrected chi connectivity index (χ3v) is 7.15. The van der Waals surface area contributed by atoms with E-state index in [0.717, 1.165) is 16.9 Å². The Bertz CT molecular complexity index is 744. The molecule has 0 unspecified atom stereocenters. The monoisotopic (exact) mass is 410 g/mol. The van der Waals surface area contributed by atoms with Gasteiger partial charge in [-0.3, -0.25) is 4.79 Å². The lowest BCUT2D eigenvalue weighted by atomic mass is 9.87. The summed E-state index contributed by atoms with van der Waals surface area (Å²) in [5.74, 6) is 0.614. The van der Waals surface area contributed by atoms with Gasteiger partial charge >= 0.3 is 0 Å². The van der Waals surface area contributed by atoms with Crippen molar-refractivity contribution >= 4 is 15.9 Å². The number of benzene rings is 1. The number of carbonyl (C=O) groups excluding carboxylic acids is 1. The topological polar surface area (TPSA) is 70.9 Å². The molecule has 1 fully saturated rings. The summed E-state index contributed by atoms with van der Waals surface area (Å²) in [6.45, 7) is 13.9. The van der Waals surface area contributed by atoms with E-state index >= 15 is 0 Å². The molecule has 7 heteroatoms. The fraction of sp³-hybridized carbons (Fsp3) is 0.667. The molecule has 0 spiro atoms. The summed E-state index contributed by atoms with van der Waals surface area (Å²) in [4.78, 5) is 13.5. The van der Waals surface area contributed by atoms with Gasteiger partial charge < -0.3 is 10.2 Å². The predicted molar refractivity (Wildman–Crippen MR) is 112 cm³/mol. The van der Waals surface area contributed by atoms with Crippen LogP contribution in [-0.4, -0.2) is 57.9 Å². The minimum Gasteiger partial charge on any atom is -0.351 e. The standard InChI is InChI=1S/C21H35N3O3S/c1-17(2)10-11-22-20(25)16-23-12-14-24(15-13-23)28(26,27)19-8-6-18(7-9-19)21(3,4)5/h6-9,17H,10-16H2,1-5H3,(H,22,25)/p+1. The van der Waals surface area contributed by atoms with Crippen molar-refractivity contribution < 1.29 is 18.1 Å². The molecule has 28 heavy (non-hydrogen) atoms. The second-order valence-electron chi connectivity index (χ2n) is 9.14. The minimum absolute atomic E-state index is 0.00692. The van der Waals surface area contributed by atoms with E-state index in [1.54, 1.807) is 16.4 Å². The first-order valence-electron chi connectivity index (χ1n) is 10.2. The Morgan fingerprint density at radius 2 is 1.71 bits per heavy atom. The van der Waals surface area contributed by atoms with Gasteiger partial charge in [0.25, 0.3) is 5.91 Å². The van der Waals surface area contributed by atoms with Crippen LogP contribution < -0.4 is 10.2 Å². The largest absolute Gasteiger partial charge is 0.351 e. The molecule has 1 heterocycles. The van der Waals surface area contributed by atoms with Gasteiger partial charge in [-0.15, -0.1) is 0 Å². The number of hydrogen-bond donors (Lipinski definition) is 2. The van der Waals surface area contributed by atoms with Crippen molar-refractivity contribution in [1.82, 2.24) is 9.62 Å². The van der Waals surface area contributed by atoms with Crippen LogP contribution in [0.2, 0.25) is 0 Å². The zero-order valence-electron chi connectivity index (χ0n) is 17.9. The van der Waals surface area contributed by atoms with E-state index in [4.69, 9.17) is 0 Å². The molecular formula is C21H36N3O3S+. The third-order valence-electron chi connectivity index (χ3n) is 5.24. The summed E-state index contributed by atoms with van der Waals surface area (Å²) in [5, 5.41) is 2.95. The van der Waals surface area contributed by atoms with Crippen LogP contribution in [0.4, 0.5) is 0 Å². The molecule has 1 saturated heterocycles. The Morgan fingerprint density at radius 3 is 2.21 bits per heavy atom. The molecule has 0 bridgehead atoms. The van der Waals surface area contributed by atoms with E-state index in [9.17, 15) is 13.2 Å². The van der Waals surface area contributed by atoms with Crippen LogP contribution in [0.25, 0.3) is 0 Å². The van der Waals surface area contributed by atoms with Gasteiger partial charge in [-0.25, -0.2) is 8.42 Å². The number of sulfonamides is 1. The molecule has 1 amide bonds. The molecular weight excluding hydrogens is 374 g/mol. The average Bonchev–Trinajstić information content (AvgIpc) is 2.61. The van der Waals surface area contributed by atoms with Crippen molar-refractivity contribution in [2.24, 2.45) is 5.92 Å². The molecule has 2 N–H and O–H groups in total. The fourth-order valence-corrected chi connectivity index (χ4v) is 4.73. The third kappa shape index (κ3) is 6.29. The van der Waals surface area contributed by atoms with Gasteiger partial charge in [0.15, 0.2) is 6.54 Å². The molecule has 0 radical (unpaired) electrons. The summed E-state index contributed by atoms with van der Waals surface area (Å²) in [7, 11) is -3.48. The molecule has 6 nitrogen and oxygen atoms in total. The molecule has 0 aromatic heterocycles. The lowest BCUT2D eigenvalue weighted by molar-refractivity contribution is -0.895. The van der Waals surface area contributed by atoms with Crippen LogP contribution in [0.3, 0.4) is 0 Å². The number of hydrogen-bond acceptors (Lipinski definition) is 3. The Kier molecular flexibility index (Phi) is 7.65. The molecule has 0 aliphatic carbocycles. The van der Waals surface area contributed by atoms with Gasteiger partial charge in [-0.2, -0.15) is 4.31 Å². The number of nitrogens with one attached hydrogen (secondary N) is 2. The van der Waals surface area contributed by atoms with Crippen molar-refractivity contribution in [2.45, 2.75) is 51.3 Å². The normalized spacial score (nSPS) is 17.1. The van der Waals surface area contributed by atoms with Gasteiger partial charge in [0.2, 0.25) is 10.0 Å². The van der Waals surface area contributed by atoms with Crippen LogP contribution in [0.15, 0.2) is 29.2 Å². The van der Waals surface area contributed by atoms with E-state index in [1.807, 2.05) is 12.1 Å². The zero-order valence-corrected chi connectivity index (χ0v) is 18.7. The van der Waals surface area contributed by atoms with E-state index in [1.165, 1.54) is 0 Å². The minimum atomic E-state index is -3.48. The summed E-state index contributed by atoms with van der Waals surface area (Å²) in [6.07, 6.45) is 0.973. The first kappa shape index (κ1) is 22.8. The molecule has 1 aliphatic heterocycles. The Morgan fingerprint density at radius 1 is 1.14 bits per heavy atom. The molecule has 1 aromatic rings. The van der Waals surface area contributed by atoms with Crippen molar-refractivity contribution in [3.8, 4) is 0 Å². The smallest absolute Gasteiger partial charge is 0.275 e. The molecule has 0 saturated carbocycles. The molecule has 158 valence electrons. The Labute approximate surface area is 170 Å². The van der Waals surface area contributed by atoms with Crippen LogP contribution in [0.1, 0.15) is 46.6 Å². The van der Waals surface area contributed by atoms with E-state index in [2.05, 4.69) is 39.9 Å². The maximum absolute atomic E-state index is 12.9.